The molecular formula is C12H7N5. The smallest absolute Gasteiger partial charge is 0.232 e. The van der Waals surface area contributed by atoms with Crippen LogP contribution in [0.1, 0.15) is 5.82 Å². The number of nitrogens with zero attached hydrogens (tertiary/aromatic N) is 5. The van der Waals surface area contributed by atoms with Gasteiger partial charge in [0.1, 0.15) is 11.8 Å². The Balaban J connectivity index is 2.17. The SMILES string of the molecule is N#Cc1nccc(-c2cc3ccccn3n2)n1. The predicted molar refractivity (Wildman–Crippen MR) is 60.9 cm³/mol. The van der Waals surface area contributed by atoms with Gasteiger partial charge in [0.2, 0.25) is 5.82 Å². The summed E-state index contributed by atoms with van der Waals surface area (Å²) in [5.41, 5.74) is 2.37. The molecule has 0 aliphatic heterocycles. The number of rotatable bonds is 1. The molecule has 3 heterocycles. The lowest BCUT2D eigenvalue weighted by Gasteiger charge is -1.93. The van der Waals surface area contributed by atoms with E-state index in [0.717, 1.165) is 11.2 Å². The fourth-order valence-electron chi connectivity index (χ4n) is 1.62. The lowest BCUT2D eigenvalue weighted by molar-refractivity contribution is 0.959. The molecule has 0 saturated carbocycles. The summed E-state index contributed by atoms with van der Waals surface area (Å²) in [6, 6.07) is 11.4. The van der Waals surface area contributed by atoms with Gasteiger partial charge < -0.3 is 0 Å². The van der Waals surface area contributed by atoms with E-state index in [0.29, 0.717) is 5.69 Å². The van der Waals surface area contributed by atoms with Crippen molar-refractivity contribution in [3.8, 4) is 17.5 Å². The molecule has 0 saturated heterocycles. The molecule has 3 rings (SSSR count). The van der Waals surface area contributed by atoms with E-state index in [1.165, 1.54) is 0 Å². The van der Waals surface area contributed by atoms with Crippen LogP contribution in [0.15, 0.2) is 42.7 Å². The van der Waals surface area contributed by atoms with Crippen LogP contribution in [0.2, 0.25) is 0 Å². The highest BCUT2D eigenvalue weighted by Gasteiger charge is 2.06. The molecule has 17 heavy (non-hydrogen) atoms. The van der Waals surface area contributed by atoms with Crippen molar-refractivity contribution in [3.05, 3.63) is 48.5 Å². The van der Waals surface area contributed by atoms with Crippen molar-refractivity contribution in [1.29, 1.82) is 5.26 Å². The van der Waals surface area contributed by atoms with Crippen molar-refractivity contribution >= 4 is 5.52 Å². The van der Waals surface area contributed by atoms with Crippen molar-refractivity contribution in [1.82, 2.24) is 19.6 Å². The van der Waals surface area contributed by atoms with Gasteiger partial charge in [0.15, 0.2) is 0 Å². The van der Waals surface area contributed by atoms with E-state index in [1.807, 2.05) is 36.5 Å². The number of hydrogen-bond donors (Lipinski definition) is 0. The van der Waals surface area contributed by atoms with E-state index in [4.69, 9.17) is 5.26 Å². The number of aromatic nitrogens is 4. The first kappa shape index (κ1) is 9.48. The van der Waals surface area contributed by atoms with Crippen LogP contribution in [0.5, 0.6) is 0 Å². The zero-order chi connectivity index (χ0) is 11.7. The lowest BCUT2D eigenvalue weighted by Crippen LogP contribution is -1.91. The van der Waals surface area contributed by atoms with E-state index < -0.39 is 0 Å². The molecule has 0 spiro atoms. The molecule has 0 aliphatic rings. The van der Waals surface area contributed by atoms with Gasteiger partial charge in [-0.25, -0.2) is 14.5 Å². The number of nitriles is 1. The molecule has 0 aliphatic carbocycles. The quantitative estimate of drug-likeness (QED) is 0.626. The largest absolute Gasteiger partial charge is 0.240 e. The Morgan fingerprint density at radius 3 is 2.94 bits per heavy atom. The van der Waals surface area contributed by atoms with E-state index >= 15 is 0 Å². The number of fused-ring (bicyclic) bond motifs is 1. The van der Waals surface area contributed by atoms with Crippen molar-refractivity contribution in [2.45, 2.75) is 0 Å². The van der Waals surface area contributed by atoms with Gasteiger partial charge in [-0.1, -0.05) is 6.07 Å². The summed E-state index contributed by atoms with van der Waals surface area (Å²) in [6.45, 7) is 0. The Hall–Kier alpha value is -2.74. The first-order valence-corrected chi connectivity index (χ1v) is 5.05. The fraction of sp³-hybridized carbons (Fsp3) is 0. The second kappa shape index (κ2) is 3.68. The minimum Gasteiger partial charge on any atom is -0.240 e. The van der Waals surface area contributed by atoms with Gasteiger partial charge in [0.25, 0.3) is 0 Å². The van der Waals surface area contributed by atoms with Gasteiger partial charge in [-0.15, -0.1) is 0 Å². The Morgan fingerprint density at radius 1 is 1.18 bits per heavy atom. The molecule has 0 atom stereocenters. The average Bonchev–Trinajstić information content (AvgIpc) is 2.82. The third-order valence-electron chi connectivity index (χ3n) is 2.39. The average molecular weight is 221 g/mol. The molecule has 80 valence electrons. The molecule has 0 fully saturated rings. The highest BCUT2D eigenvalue weighted by Crippen LogP contribution is 2.16. The van der Waals surface area contributed by atoms with Crippen LogP contribution in [0.4, 0.5) is 0 Å². The highest BCUT2D eigenvalue weighted by atomic mass is 15.2. The normalized spacial score (nSPS) is 10.3. The van der Waals surface area contributed by atoms with Crippen LogP contribution in [0.25, 0.3) is 16.9 Å². The summed E-state index contributed by atoms with van der Waals surface area (Å²) >= 11 is 0. The van der Waals surface area contributed by atoms with Crippen LogP contribution in [0, 0.1) is 11.3 Å². The maximum absolute atomic E-state index is 8.75. The minimum atomic E-state index is 0.152. The molecule has 5 heteroatoms. The van der Waals surface area contributed by atoms with E-state index in [1.54, 1.807) is 16.8 Å². The maximum atomic E-state index is 8.75. The van der Waals surface area contributed by atoms with Crippen molar-refractivity contribution < 1.29 is 0 Å². The molecule has 3 aromatic heterocycles. The van der Waals surface area contributed by atoms with E-state index in [2.05, 4.69) is 15.1 Å². The Labute approximate surface area is 97.0 Å². The standard InChI is InChI=1S/C12H7N5/c13-8-12-14-5-4-10(15-12)11-7-9-3-1-2-6-17(9)16-11/h1-7H. The minimum absolute atomic E-state index is 0.152. The Bertz CT molecular complexity index is 690. The topological polar surface area (TPSA) is 66.9 Å². The van der Waals surface area contributed by atoms with E-state index in [-0.39, 0.29) is 5.82 Å². The third-order valence-corrected chi connectivity index (χ3v) is 2.39. The summed E-state index contributed by atoms with van der Waals surface area (Å²) in [5, 5.41) is 13.1. The van der Waals surface area contributed by atoms with Crippen LogP contribution < -0.4 is 0 Å². The maximum Gasteiger partial charge on any atom is 0.232 e. The molecule has 0 unspecified atom stereocenters. The number of hydrogen-bond acceptors (Lipinski definition) is 4. The summed E-state index contributed by atoms with van der Waals surface area (Å²) in [6.07, 6.45) is 3.43. The van der Waals surface area contributed by atoms with Crippen LogP contribution in [-0.2, 0) is 0 Å². The summed E-state index contributed by atoms with van der Waals surface area (Å²) in [5.74, 6) is 0.152. The van der Waals surface area contributed by atoms with Gasteiger partial charge in [0, 0.05) is 12.4 Å². The number of pyridine rings is 1. The Kier molecular flexibility index (Phi) is 2.06. The third kappa shape index (κ3) is 1.62. The van der Waals surface area contributed by atoms with Gasteiger partial charge in [-0.05, 0) is 24.3 Å². The lowest BCUT2D eigenvalue weighted by atomic mass is 10.3. The van der Waals surface area contributed by atoms with Crippen LogP contribution >= 0.6 is 0 Å². The molecule has 0 amide bonds. The molecule has 5 nitrogen and oxygen atoms in total. The first-order valence-electron chi connectivity index (χ1n) is 5.05. The van der Waals surface area contributed by atoms with Crippen molar-refractivity contribution in [2.24, 2.45) is 0 Å². The predicted octanol–water partition coefficient (Wildman–Crippen LogP) is 1.66. The molecule has 0 N–H and O–H groups in total. The van der Waals surface area contributed by atoms with E-state index in [9.17, 15) is 0 Å². The van der Waals surface area contributed by atoms with Gasteiger partial charge >= 0.3 is 0 Å². The second-order valence-electron chi connectivity index (χ2n) is 3.48. The van der Waals surface area contributed by atoms with Gasteiger partial charge in [-0.2, -0.15) is 10.4 Å². The van der Waals surface area contributed by atoms with Crippen LogP contribution in [0.3, 0.4) is 0 Å². The monoisotopic (exact) mass is 221 g/mol. The molecule has 0 bridgehead atoms. The zero-order valence-corrected chi connectivity index (χ0v) is 8.78. The highest BCUT2D eigenvalue weighted by molar-refractivity contribution is 5.62. The fourth-order valence-corrected chi connectivity index (χ4v) is 1.62. The summed E-state index contributed by atoms with van der Waals surface area (Å²) < 4.78 is 1.77. The Morgan fingerprint density at radius 2 is 2.12 bits per heavy atom. The van der Waals surface area contributed by atoms with Gasteiger partial charge in [0.05, 0.1) is 11.2 Å². The van der Waals surface area contributed by atoms with Crippen LogP contribution in [-0.4, -0.2) is 19.6 Å². The summed E-state index contributed by atoms with van der Waals surface area (Å²) in [7, 11) is 0. The zero-order valence-electron chi connectivity index (χ0n) is 8.78. The molecule has 0 radical (unpaired) electrons. The first-order chi connectivity index (χ1) is 8.36. The molecular weight excluding hydrogens is 214 g/mol. The summed E-state index contributed by atoms with van der Waals surface area (Å²) in [4.78, 5) is 7.94. The second-order valence-corrected chi connectivity index (χ2v) is 3.48. The van der Waals surface area contributed by atoms with Crippen molar-refractivity contribution in [2.75, 3.05) is 0 Å². The van der Waals surface area contributed by atoms with Crippen molar-refractivity contribution in [3.63, 3.8) is 0 Å². The van der Waals surface area contributed by atoms with Gasteiger partial charge in [-0.3, -0.25) is 0 Å². The molecule has 3 aromatic rings. The molecule has 0 aromatic carbocycles.